The molecule has 0 unspecified atom stereocenters. The van der Waals surface area contributed by atoms with Gasteiger partial charge in [-0.25, -0.2) is 8.42 Å². The average Bonchev–Trinajstić information content (AvgIpc) is 1.62. The molecule has 59 valence electrons. The predicted molar refractivity (Wildman–Crippen MR) is 25.4 cm³/mol. The molecule has 0 aromatic rings. The molecule has 0 saturated carbocycles. The highest BCUT2D eigenvalue weighted by Crippen LogP contribution is 2.26. The van der Waals surface area contributed by atoms with Crippen LogP contribution in [0.5, 0.6) is 0 Å². The van der Waals surface area contributed by atoms with Crippen molar-refractivity contribution in [1.82, 2.24) is 0 Å². The van der Waals surface area contributed by atoms with Gasteiger partial charge in [0.05, 0.1) is 0 Å². The Kier molecular flexibility index (Phi) is 2.00. The Morgan fingerprint density at radius 2 is 1.70 bits per heavy atom. The highest BCUT2D eigenvalue weighted by Gasteiger charge is 2.48. The van der Waals surface area contributed by atoms with Gasteiger partial charge in [0, 0.05) is 0 Å². The number of aliphatic hydroxyl groups is 1. The lowest BCUT2D eigenvalue weighted by atomic mass is 11.2. The van der Waals surface area contributed by atoms with Gasteiger partial charge in [0.15, 0.2) is 0 Å². The van der Waals surface area contributed by atoms with Crippen LogP contribution in [0.4, 0.5) is 13.2 Å². The van der Waals surface area contributed by atoms with Crippen LogP contribution in [0.1, 0.15) is 0 Å². The fraction of sp³-hybridized carbons (Fsp3) is 0.333. The Hall–Kier alpha value is -0.720. The van der Waals surface area contributed by atoms with Gasteiger partial charge >= 0.3 is 15.3 Å². The molecule has 0 aromatic carbocycles. The van der Waals surface area contributed by atoms with Gasteiger partial charge in [-0.1, -0.05) is 0 Å². The number of hydrogen-bond donors (Lipinski definition) is 1. The molecule has 7 heteroatoms. The summed E-state index contributed by atoms with van der Waals surface area (Å²) in [6.07, 6.45) is 0. The average molecular weight is 175 g/mol. The summed E-state index contributed by atoms with van der Waals surface area (Å²) in [4.78, 5) is 0. The summed E-state index contributed by atoms with van der Waals surface area (Å²) in [6.45, 7) is 4.02. The Morgan fingerprint density at radius 1 is 1.40 bits per heavy atom. The van der Waals surface area contributed by atoms with Crippen molar-refractivity contribution in [3.05, 3.63) is 11.7 Å². The van der Waals surface area contributed by atoms with Crippen molar-refractivity contribution in [3.8, 4) is 0 Å². The lowest BCUT2D eigenvalue weighted by molar-refractivity contribution is -0.0436. The molecule has 0 amide bonds. The largest absolute Gasteiger partial charge is 0.504 e. The van der Waals surface area contributed by atoms with Crippen LogP contribution >= 0.6 is 0 Å². The molecule has 1 N–H and O–H groups in total. The summed E-state index contributed by atoms with van der Waals surface area (Å²) in [5.74, 6) is 0. The van der Waals surface area contributed by atoms with Gasteiger partial charge in [-0.05, 0) is 6.58 Å². The van der Waals surface area contributed by atoms with E-state index >= 15 is 0 Å². The molecule has 0 aliphatic carbocycles. The van der Waals surface area contributed by atoms with Gasteiger partial charge in [-0.15, -0.1) is 0 Å². The third-order valence-electron chi connectivity index (χ3n) is 0.580. The normalized spacial score (nSPS) is 13.1. The summed E-state index contributed by atoms with van der Waals surface area (Å²) in [5, 5.41) is 5.66. The molecular weight excluding hydrogens is 173 g/mol. The molecule has 0 rings (SSSR count). The first-order valence-corrected chi connectivity index (χ1v) is 3.30. The van der Waals surface area contributed by atoms with E-state index in [1.165, 1.54) is 0 Å². The van der Waals surface area contributed by atoms with E-state index in [9.17, 15) is 21.6 Å². The van der Waals surface area contributed by atoms with Crippen LogP contribution in [-0.2, 0) is 9.84 Å². The van der Waals surface area contributed by atoms with Gasteiger partial charge in [0.25, 0.3) is 0 Å². The van der Waals surface area contributed by atoms with Crippen LogP contribution in [0.2, 0.25) is 0 Å². The lowest BCUT2D eigenvalue weighted by Crippen LogP contribution is -2.24. The highest BCUT2D eigenvalue weighted by molar-refractivity contribution is 7.95. The zero-order chi connectivity index (χ0) is 8.58. The van der Waals surface area contributed by atoms with Gasteiger partial charge in [-0.3, -0.25) is 0 Å². The number of halogens is 3. The Labute approximate surface area is 54.7 Å². The van der Waals surface area contributed by atoms with E-state index in [1.54, 1.807) is 0 Å². The maximum atomic E-state index is 11.2. The molecule has 0 saturated heterocycles. The van der Waals surface area contributed by atoms with Gasteiger partial charge in [-0.2, -0.15) is 13.2 Å². The standard InChI is InChI=1S/C3H2F3O3S/c1-2(7)10(8,9)3(4,5)6/h1,7H. The van der Waals surface area contributed by atoms with Crippen molar-refractivity contribution in [2.24, 2.45) is 0 Å². The topological polar surface area (TPSA) is 54.4 Å². The van der Waals surface area contributed by atoms with Crippen LogP contribution in [0.15, 0.2) is 5.09 Å². The summed E-state index contributed by atoms with van der Waals surface area (Å²) >= 11 is 0. The monoisotopic (exact) mass is 175 g/mol. The minimum atomic E-state index is -5.66. The van der Waals surface area contributed by atoms with E-state index in [4.69, 9.17) is 5.11 Å². The Balaban J connectivity index is 4.98. The maximum Gasteiger partial charge on any atom is 0.504 e. The summed E-state index contributed by atoms with van der Waals surface area (Å²) < 4.78 is 53.3. The molecule has 0 fully saturated rings. The van der Waals surface area contributed by atoms with Crippen LogP contribution in [-0.4, -0.2) is 19.0 Å². The predicted octanol–water partition coefficient (Wildman–Crippen LogP) is 0.753. The van der Waals surface area contributed by atoms with E-state index in [1.807, 2.05) is 0 Å². The van der Waals surface area contributed by atoms with Crippen molar-refractivity contribution in [2.45, 2.75) is 5.51 Å². The first-order valence-electron chi connectivity index (χ1n) is 1.82. The van der Waals surface area contributed by atoms with Crippen LogP contribution in [0, 0.1) is 6.58 Å². The lowest BCUT2D eigenvalue weighted by Gasteiger charge is -2.03. The van der Waals surface area contributed by atoms with Crippen LogP contribution in [0.3, 0.4) is 0 Å². The van der Waals surface area contributed by atoms with E-state index in [0.29, 0.717) is 0 Å². The molecule has 3 nitrogen and oxygen atoms in total. The number of alkyl halides is 3. The number of hydrogen-bond acceptors (Lipinski definition) is 3. The molecule has 0 heterocycles. The molecule has 0 aromatic heterocycles. The third-order valence-corrected chi connectivity index (χ3v) is 1.74. The number of aliphatic hydroxyl groups excluding tert-OH is 1. The van der Waals surface area contributed by atoms with E-state index < -0.39 is 20.4 Å². The minimum Gasteiger partial charge on any atom is -0.498 e. The summed E-state index contributed by atoms with van der Waals surface area (Å²) in [7, 11) is -5.66. The Bertz CT molecular complexity index is 236. The molecule has 0 spiro atoms. The smallest absolute Gasteiger partial charge is 0.498 e. The zero-order valence-electron chi connectivity index (χ0n) is 4.38. The van der Waals surface area contributed by atoms with Gasteiger partial charge in [0.2, 0.25) is 5.09 Å². The second-order valence-electron chi connectivity index (χ2n) is 1.29. The highest BCUT2D eigenvalue weighted by atomic mass is 32.2. The Morgan fingerprint density at radius 3 is 1.70 bits per heavy atom. The van der Waals surface area contributed by atoms with E-state index in [-0.39, 0.29) is 0 Å². The molecule has 10 heavy (non-hydrogen) atoms. The van der Waals surface area contributed by atoms with Gasteiger partial charge in [0.1, 0.15) is 0 Å². The van der Waals surface area contributed by atoms with Gasteiger partial charge < -0.3 is 5.11 Å². The summed E-state index contributed by atoms with van der Waals surface area (Å²) in [5.41, 5.74) is -5.52. The van der Waals surface area contributed by atoms with Crippen LogP contribution < -0.4 is 0 Å². The fourth-order valence-corrected chi connectivity index (χ4v) is 0.356. The molecule has 0 aliphatic rings. The molecule has 1 radical (unpaired) electrons. The minimum absolute atomic E-state index is 2.14. The number of sulfone groups is 1. The first-order chi connectivity index (χ1) is 4.19. The van der Waals surface area contributed by atoms with Crippen molar-refractivity contribution in [1.29, 1.82) is 0 Å². The number of rotatable bonds is 1. The van der Waals surface area contributed by atoms with E-state index in [2.05, 4.69) is 6.58 Å². The summed E-state index contributed by atoms with van der Waals surface area (Å²) in [6, 6.07) is 0. The third kappa shape index (κ3) is 1.41. The molecular formula is C3H2F3O3S. The first kappa shape index (κ1) is 9.28. The fourth-order valence-electron chi connectivity index (χ4n) is 0.119. The molecule has 0 atom stereocenters. The van der Waals surface area contributed by atoms with Crippen molar-refractivity contribution >= 4 is 9.84 Å². The quantitative estimate of drug-likeness (QED) is 0.598. The van der Waals surface area contributed by atoms with Crippen molar-refractivity contribution < 1.29 is 26.7 Å². The van der Waals surface area contributed by atoms with Crippen molar-refractivity contribution in [2.75, 3.05) is 0 Å². The SMILES string of the molecule is [CH]=C(O)S(=O)(=O)C(F)(F)F. The zero-order valence-corrected chi connectivity index (χ0v) is 5.20. The second-order valence-corrected chi connectivity index (χ2v) is 3.18. The van der Waals surface area contributed by atoms with Crippen molar-refractivity contribution in [3.63, 3.8) is 0 Å². The van der Waals surface area contributed by atoms with E-state index in [0.717, 1.165) is 0 Å². The molecule has 0 bridgehead atoms. The molecule has 0 aliphatic heterocycles. The van der Waals surface area contributed by atoms with Crippen LogP contribution in [0.25, 0.3) is 0 Å². The second kappa shape index (κ2) is 2.15. The maximum absolute atomic E-state index is 11.2.